The van der Waals surface area contributed by atoms with Gasteiger partial charge in [-0.05, 0) is 26.2 Å². The Morgan fingerprint density at radius 2 is 2.09 bits per heavy atom. The summed E-state index contributed by atoms with van der Waals surface area (Å²) in [5.74, 6) is 0. The van der Waals surface area contributed by atoms with E-state index in [1.807, 2.05) is 6.92 Å². The molecule has 0 aromatic carbocycles. The first-order valence-electron chi connectivity index (χ1n) is 4.18. The van der Waals surface area contributed by atoms with Gasteiger partial charge in [0, 0.05) is 19.3 Å². The molecule has 0 saturated carbocycles. The van der Waals surface area contributed by atoms with Gasteiger partial charge in [0.15, 0.2) is 0 Å². The topological polar surface area (TPSA) is 55.5 Å². The third kappa shape index (κ3) is 2.77. The van der Waals surface area contributed by atoms with E-state index in [-0.39, 0.29) is 6.04 Å². The van der Waals surface area contributed by atoms with Crippen molar-refractivity contribution in [1.82, 2.24) is 0 Å². The van der Waals surface area contributed by atoms with Crippen molar-refractivity contribution in [1.29, 1.82) is 0 Å². The van der Waals surface area contributed by atoms with Crippen molar-refractivity contribution in [2.24, 2.45) is 5.73 Å². The van der Waals surface area contributed by atoms with Crippen LogP contribution in [0.5, 0.6) is 0 Å². The third-order valence-electron chi connectivity index (χ3n) is 2.13. The van der Waals surface area contributed by atoms with Crippen molar-refractivity contribution < 1.29 is 9.84 Å². The molecule has 11 heavy (non-hydrogen) atoms. The summed E-state index contributed by atoms with van der Waals surface area (Å²) in [7, 11) is 0. The molecule has 0 aromatic heterocycles. The second-order valence-corrected chi connectivity index (χ2v) is 3.52. The van der Waals surface area contributed by atoms with E-state index in [2.05, 4.69) is 0 Å². The molecule has 3 nitrogen and oxygen atoms in total. The second-order valence-electron chi connectivity index (χ2n) is 3.52. The first-order chi connectivity index (χ1) is 5.12. The highest BCUT2D eigenvalue weighted by Crippen LogP contribution is 2.24. The van der Waals surface area contributed by atoms with E-state index in [0.717, 1.165) is 12.8 Å². The van der Waals surface area contributed by atoms with Crippen molar-refractivity contribution in [3.8, 4) is 0 Å². The van der Waals surface area contributed by atoms with Crippen LogP contribution in [0.15, 0.2) is 0 Å². The van der Waals surface area contributed by atoms with Gasteiger partial charge in [-0.3, -0.25) is 0 Å². The lowest BCUT2D eigenvalue weighted by atomic mass is 9.88. The quantitative estimate of drug-likeness (QED) is 0.608. The smallest absolute Gasteiger partial charge is 0.0706 e. The molecule has 1 saturated heterocycles. The van der Waals surface area contributed by atoms with Crippen molar-refractivity contribution >= 4 is 0 Å². The Labute approximate surface area is 67.5 Å². The van der Waals surface area contributed by atoms with Crippen LogP contribution in [0, 0.1) is 0 Å². The lowest BCUT2D eigenvalue weighted by Gasteiger charge is -2.33. The van der Waals surface area contributed by atoms with Crippen LogP contribution in [0.4, 0.5) is 0 Å². The molecule has 0 amide bonds. The number of ether oxygens (including phenoxy) is 1. The SMILES string of the molecule is C[C@@H](N)CC1(O)CCOCC1. The van der Waals surface area contributed by atoms with Gasteiger partial charge in [-0.25, -0.2) is 0 Å². The monoisotopic (exact) mass is 159 g/mol. The van der Waals surface area contributed by atoms with Crippen molar-refractivity contribution in [2.45, 2.75) is 37.8 Å². The highest BCUT2D eigenvalue weighted by Gasteiger charge is 2.30. The van der Waals surface area contributed by atoms with E-state index in [9.17, 15) is 5.11 Å². The number of rotatable bonds is 2. The van der Waals surface area contributed by atoms with Crippen molar-refractivity contribution in [3.05, 3.63) is 0 Å². The largest absolute Gasteiger partial charge is 0.390 e. The zero-order valence-electron chi connectivity index (χ0n) is 7.05. The Bertz CT molecular complexity index is 119. The molecular weight excluding hydrogens is 142 g/mol. The summed E-state index contributed by atoms with van der Waals surface area (Å²) in [6.07, 6.45) is 2.15. The summed E-state index contributed by atoms with van der Waals surface area (Å²) in [5, 5.41) is 9.88. The van der Waals surface area contributed by atoms with E-state index in [1.54, 1.807) is 0 Å². The average Bonchev–Trinajstić information content (AvgIpc) is 1.85. The molecule has 1 atom stereocenters. The molecule has 1 fully saturated rings. The fourth-order valence-electron chi connectivity index (χ4n) is 1.55. The minimum Gasteiger partial charge on any atom is -0.390 e. The molecule has 1 aliphatic rings. The number of nitrogens with two attached hydrogens (primary N) is 1. The fourth-order valence-corrected chi connectivity index (χ4v) is 1.55. The second kappa shape index (κ2) is 3.52. The maximum absolute atomic E-state index is 9.88. The van der Waals surface area contributed by atoms with E-state index < -0.39 is 5.60 Å². The first-order valence-corrected chi connectivity index (χ1v) is 4.18. The highest BCUT2D eigenvalue weighted by molar-refractivity contribution is 4.83. The summed E-state index contributed by atoms with van der Waals surface area (Å²) in [4.78, 5) is 0. The summed E-state index contributed by atoms with van der Waals surface area (Å²) in [6, 6.07) is 0.0816. The molecule has 0 aromatic rings. The van der Waals surface area contributed by atoms with Crippen LogP contribution in [-0.4, -0.2) is 30.0 Å². The van der Waals surface area contributed by atoms with Gasteiger partial charge in [0.1, 0.15) is 0 Å². The van der Waals surface area contributed by atoms with Gasteiger partial charge in [0.2, 0.25) is 0 Å². The Morgan fingerprint density at radius 1 is 1.55 bits per heavy atom. The van der Waals surface area contributed by atoms with Gasteiger partial charge >= 0.3 is 0 Å². The lowest BCUT2D eigenvalue weighted by Crippen LogP contribution is -2.40. The van der Waals surface area contributed by atoms with E-state index >= 15 is 0 Å². The first kappa shape index (κ1) is 8.97. The Hall–Kier alpha value is -0.120. The normalized spacial score (nSPS) is 26.5. The Kier molecular flexibility index (Phi) is 2.87. The molecule has 0 aliphatic carbocycles. The predicted molar refractivity (Wildman–Crippen MR) is 43.3 cm³/mol. The van der Waals surface area contributed by atoms with Crippen molar-refractivity contribution in [3.63, 3.8) is 0 Å². The summed E-state index contributed by atoms with van der Waals surface area (Å²) >= 11 is 0. The van der Waals surface area contributed by atoms with E-state index in [1.165, 1.54) is 0 Å². The van der Waals surface area contributed by atoms with Crippen LogP contribution >= 0.6 is 0 Å². The van der Waals surface area contributed by atoms with Crippen LogP contribution in [0.3, 0.4) is 0 Å². The lowest BCUT2D eigenvalue weighted by molar-refractivity contribution is -0.0702. The molecule has 3 N–H and O–H groups in total. The summed E-state index contributed by atoms with van der Waals surface area (Å²) in [6.45, 7) is 3.26. The molecule has 0 spiro atoms. The number of aliphatic hydroxyl groups is 1. The molecule has 1 heterocycles. The number of hydrogen-bond acceptors (Lipinski definition) is 3. The third-order valence-corrected chi connectivity index (χ3v) is 2.13. The molecular formula is C8H17NO2. The molecule has 1 aliphatic heterocycles. The zero-order valence-corrected chi connectivity index (χ0v) is 7.05. The molecule has 1 rings (SSSR count). The predicted octanol–water partition coefficient (Wildman–Crippen LogP) is 0.265. The zero-order chi connectivity index (χ0) is 8.32. The molecule has 0 bridgehead atoms. The van der Waals surface area contributed by atoms with Crippen molar-refractivity contribution in [2.75, 3.05) is 13.2 Å². The van der Waals surface area contributed by atoms with Crippen LogP contribution in [0.2, 0.25) is 0 Å². The van der Waals surface area contributed by atoms with E-state index in [0.29, 0.717) is 19.6 Å². The fraction of sp³-hybridized carbons (Fsp3) is 1.00. The standard InChI is InChI=1S/C8H17NO2/c1-7(9)6-8(10)2-4-11-5-3-8/h7,10H,2-6,9H2,1H3/t7-/m1/s1. The van der Waals surface area contributed by atoms with Gasteiger partial charge in [0.05, 0.1) is 5.60 Å². The van der Waals surface area contributed by atoms with Gasteiger partial charge in [0.25, 0.3) is 0 Å². The van der Waals surface area contributed by atoms with Gasteiger partial charge < -0.3 is 15.6 Å². The molecule has 66 valence electrons. The van der Waals surface area contributed by atoms with Gasteiger partial charge in [-0.2, -0.15) is 0 Å². The molecule has 0 radical (unpaired) electrons. The maximum atomic E-state index is 9.88. The highest BCUT2D eigenvalue weighted by atomic mass is 16.5. The van der Waals surface area contributed by atoms with Crippen LogP contribution < -0.4 is 5.73 Å². The summed E-state index contributed by atoms with van der Waals surface area (Å²) in [5.41, 5.74) is 5.06. The molecule has 3 heteroatoms. The van der Waals surface area contributed by atoms with Crippen LogP contribution in [-0.2, 0) is 4.74 Å². The maximum Gasteiger partial charge on any atom is 0.0706 e. The van der Waals surface area contributed by atoms with Crippen LogP contribution in [0.1, 0.15) is 26.2 Å². The van der Waals surface area contributed by atoms with Gasteiger partial charge in [-0.1, -0.05) is 0 Å². The minimum absolute atomic E-state index is 0.0816. The Balaban J connectivity index is 2.37. The average molecular weight is 159 g/mol. The van der Waals surface area contributed by atoms with Gasteiger partial charge in [-0.15, -0.1) is 0 Å². The minimum atomic E-state index is -0.549. The van der Waals surface area contributed by atoms with E-state index in [4.69, 9.17) is 10.5 Å². The summed E-state index contributed by atoms with van der Waals surface area (Å²) < 4.78 is 5.15. The van der Waals surface area contributed by atoms with Crippen LogP contribution in [0.25, 0.3) is 0 Å². The Morgan fingerprint density at radius 3 is 2.55 bits per heavy atom. The molecule has 0 unspecified atom stereocenters. The number of hydrogen-bond donors (Lipinski definition) is 2.